The quantitative estimate of drug-likeness (QED) is 0.800. The summed E-state index contributed by atoms with van der Waals surface area (Å²) in [6.07, 6.45) is -0.00491. The summed E-state index contributed by atoms with van der Waals surface area (Å²) in [5.74, 6) is -0.148. The van der Waals surface area contributed by atoms with Gasteiger partial charge >= 0.3 is 5.97 Å². The number of aromatic hydroxyl groups is 1. The molecule has 0 aromatic heterocycles. The van der Waals surface area contributed by atoms with E-state index in [-0.39, 0.29) is 5.75 Å². The molecular formula is C12H14O4. The minimum atomic E-state index is -0.967. The first-order valence-electron chi connectivity index (χ1n) is 5.14. The van der Waals surface area contributed by atoms with Crippen molar-refractivity contribution in [3.8, 4) is 11.5 Å². The van der Waals surface area contributed by atoms with Crippen LogP contribution in [0.3, 0.4) is 0 Å². The van der Waals surface area contributed by atoms with E-state index in [1.54, 1.807) is 32.0 Å². The molecule has 86 valence electrons. The molecule has 2 rings (SSSR count). The van der Waals surface area contributed by atoms with Gasteiger partial charge in [0.15, 0.2) is 0 Å². The van der Waals surface area contributed by atoms with Crippen LogP contribution in [0.1, 0.15) is 19.4 Å². The Morgan fingerprint density at radius 2 is 2.19 bits per heavy atom. The minimum Gasteiger partial charge on any atom is -0.508 e. The van der Waals surface area contributed by atoms with Gasteiger partial charge in [-0.25, -0.2) is 0 Å². The van der Waals surface area contributed by atoms with Crippen molar-refractivity contribution in [3.63, 3.8) is 0 Å². The van der Waals surface area contributed by atoms with Crippen molar-refractivity contribution in [2.24, 2.45) is 5.41 Å². The third-order valence-corrected chi connectivity index (χ3v) is 3.12. The van der Waals surface area contributed by atoms with E-state index in [4.69, 9.17) is 9.84 Å². The van der Waals surface area contributed by atoms with E-state index in [9.17, 15) is 9.90 Å². The summed E-state index contributed by atoms with van der Waals surface area (Å²) in [5.41, 5.74) is -0.271. The molecular weight excluding hydrogens is 208 g/mol. The topological polar surface area (TPSA) is 66.8 Å². The van der Waals surface area contributed by atoms with Crippen molar-refractivity contribution < 1.29 is 19.7 Å². The molecule has 4 heteroatoms. The molecule has 1 unspecified atom stereocenters. The first-order valence-corrected chi connectivity index (χ1v) is 5.14. The molecule has 1 atom stereocenters. The van der Waals surface area contributed by atoms with E-state index in [1.165, 1.54) is 0 Å². The highest BCUT2D eigenvalue weighted by Gasteiger charge is 2.42. The van der Waals surface area contributed by atoms with Crippen LogP contribution in [0.15, 0.2) is 18.2 Å². The summed E-state index contributed by atoms with van der Waals surface area (Å²) >= 11 is 0. The Balaban J connectivity index is 2.30. The summed E-state index contributed by atoms with van der Waals surface area (Å²) in [6, 6.07) is 5.01. The number of carboxylic acids is 1. The van der Waals surface area contributed by atoms with Crippen LogP contribution in [0, 0.1) is 5.41 Å². The molecule has 16 heavy (non-hydrogen) atoms. The number of phenolic OH excluding ortho intramolecular Hbond substituents is 1. The third-order valence-electron chi connectivity index (χ3n) is 3.12. The lowest BCUT2D eigenvalue weighted by Gasteiger charge is -2.25. The van der Waals surface area contributed by atoms with Crippen LogP contribution >= 0.6 is 0 Å². The monoisotopic (exact) mass is 222 g/mol. The van der Waals surface area contributed by atoms with Crippen molar-refractivity contribution in [1.82, 2.24) is 0 Å². The highest BCUT2D eigenvalue weighted by Crippen LogP contribution is 2.40. The van der Waals surface area contributed by atoms with E-state index in [0.29, 0.717) is 17.7 Å². The summed E-state index contributed by atoms with van der Waals surface area (Å²) in [6.45, 7) is 3.26. The molecule has 0 saturated carbocycles. The molecule has 0 aliphatic carbocycles. The van der Waals surface area contributed by atoms with E-state index in [1.807, 2.05) is 0 Å². The molecule has 1 aliphatic heterocycles. The van der Waals surface area contributed by atoms with Gasteiger partial charge in [-0.15, -0.1) is 0 Å². The molecule has 0 amide bonds. The largest absolute Gasteiger partial charge is 0.508 e. The third kappa shape index (κ3) is 1.50. The van der Waals surface area contributed by atoms with E-state index < -0.39 is 17.5 Å². The maximum Gasteiger partial charge on any atom is 0.312 e. The standard InChI is InChI=1S/C12H14O4/c1-12(2,11(14)15)10-6-7-8(13)4-3-5-9(7)16-10/h3-5,10,13H,6H2,1-2H3,(H,14,15). The number of ether oxygens (including phenoxy) is 1. The predicted molar refractivity (Wildman–Crippen MR) is 57.6 cm³/mol. The number of rotatable bonds is 2. The first kappa shape index (κ1) is 10.8. The number of hydrogen-bond acceptors (Lipinski definition) is 3. The molecule has 1 aromatic rings. The zero-order valence-corrected chi connectivity index (χ0v) is 9.23. The number of carbonyl (C=O) groups is 1. The number of hydrogen-bond donors (Lipinski definition) is 2. The van der Waals surface area contributed by atoms with Gasteiger partial charge in [0.25, 0.3) is 0 Å². The van der Waals surface area contributed by atoms with Crippen LogP contribution < -0.4 is 4.74 Å². The van der Waals surface area contributed by atoms with E-state index in [0.717, 1.165) is 0 Å². The number of aliphatic carboxylic acids is 1. The average Bonchev–Trinajstić information content (AvgIpc) is 2.63. The molecule has 0 bridgehead atoms. The normalized spacial score (nSPS) is 19.0. The van der Waals surface area contributed by atoms with Gasteiger partial charge in [0.05, 0.1) is 5.41 Å². The van der Waals surface area contributed by atoms with Crippen LogP contribution in [0.5, 0.6) is 11.5 Å². The smallest absolute Gasteiger partial charge is 0.312 e. The van der Waals surface area contributed by atoms with Crippen LogP contribution in [0.2, 0.25) is 0 Å². The highest BCUT2D eigenvalue weighted by atomic mass is 16.5. The van der Waals surface area contributed by atoms with Crippen molar-refractivity contribution in [3.05, 3.63) is 23.8 Å². The summed E-state index contributed by atoms with van der Waals surface area (Å²) in [4.78, 5) is 11.1. The number of fused-ring (bicyclic) bond motifs is 1. The second kappa shape index (κ2) is 3.40. The van der Waals surface area contributed by atoms with Crippen molar-refractivity contribution in [2.45, 2.75) is 26.4 Å². The Labute approximate surface area is 93.5 Å². The summed E-state index contributed by atoms with van der Waals surface area (Å²) in [7, 11) is 0. The molecule has 1 aromatic carbocycles. The van der Waals surface area contributed by atoms with Gasteiger partial charge in [-0.2, -0.15) is 0 Å². The van der Waals surface area contributed by atoms with Gasteiger partial charge in [-0.05, 0) is 26.0 Å². The second-order valence-corrected chi connectivity index (χ2v) is 4.59. The predicted octanol–water partition coefficient (Wildman–Crippen LogP) is 1.81. The van der Waals surface area contributed by atoms with Crippen LogP contribution in [0.25, 0.3) is 0 Å². The van der Waals surface area contributed by atoms with Gasteiger partial charge in [0.2, 0.25) is 0 Å². The fourth-order valence-corrected chi connectivity index (χ4v) is 1.79. The Kier molecular flexibility index (Phi) is 2.30. The van der Waals surface area contributed by atoms with Gasteiger partial charge in [-0.1, -0.05) is 6.07 Å². The van der Waals surface area contributed by atoms with E-state index >= 15 is 0 Å². The second-order valence-electron chi connectivity index (χ2n) is 4.59. The molecule has 0 saturated heterocycles. The zero-order valence-electron chi connectivity index (χ0n) is 9.23. The lowest BCUT2D eigenvalue weighted by atomic mass is 9.84. The SMILES string of the molecule is CC(C)(C(=O)O)C1Cc2c(O)cccc2O1. The van der Waals surface area contributed by atoms with Crippen LogP contribution in [-0.4, -0.2) is 22.3 Å². The van der Waals surface area contributed by atoms with Gasteiger partial charge < -0.3 is 14.9 Å². The molecule has 0 radical (unpaired) electrons. The number of carboxylic acid groups (broad SMARTS) is 1. The Hall–Kier alpha value is -1.71. The highest BCUT2D eigenvalue weighted by molar-refractivity contribution is 5.75. The summed E-state index contributed by atoms with van der Waals surface area (Å²) in [5, 5.41) is 18.7. The first-order chi connectivity index (χ1) is 7.43. The fourth-order valence-electron chi connectivity index (χ4n) is 1.79. The number of phenols is 1. The van der Waals surface area contributed by atoms with Crippen molar-refractivity contribution in [2.75, 3.05) is 0 Å². The Bertz CT molecular complexity index is 437. The molecule has 0 spiro atoms. The lowest BCUT2D eigenvalue weighted by molar-refractivity contribution is -0.151. The van der Waals surface area contributed by atoms with Gasteiger partial charge in [0, 0.05) is 12.0 Å². The zero-order chi connectivity index (χ0) is 11.9. The molecule has 1 heterocycles. The Morgan fingerprint density at radius 1 is 1.50 bits per heavy atom. The lowest BCUT2D eigenvalue weighted by Crippen LogP contribution is -2.40. The van der Waals surface area contributed by atoms with Crippen molar-refractivity contribution in [1.29, 1.82) is 0 Å². The maximum absolute atomic E-state index is 11.1. The molecule has 2 N–H and O–H groups in total. The average molecular weight is 222 g/mol. The molecule has 4 nitrogen and oxygen atoms in total. The van der Waals surface area contributed by atoms with Crippen LogP contribution in [-0.2, 0) is 11.2 Å². The molecule has 1 aliphatic rings. The van der Waals surface area contributed by atoms with Crippen molar-refractivity contribution >= 4 is 5.97 Å². The minimum absolute atomic E-state index is 0.168. The fraction of sp³-hybridized carbons (Fsp3) is 0.417. The number of benzene rings is 1. The van der Waals surface area contributed by atoms with Crippen LogP contribution in [0.4, 0.5) is 0 Å². The van der Waals surface area contributed by atoms with Gasteiger partial charge in [0.1, 0.15) is 17.6 Å². The molecule has 0 fully saturated rings. The summed E-state index contributed by atoms with van der Waals surface area (Å²) < 4.78 is 5.57. The Morgan fingerprint density at radius 3 is 2.75 bits per heavy atom. The van der Waals surface area contributed by atoms with Gasteiger partial charge in [-0.3, -0.25) is 4.79 Å². The maximum atomic E-state index is 11.1. The van der Waals surface area contributed by atoms with E-state index in [2.05, 4.69) is 0 Å².